The number of hydrogen-bond donors (Lipinski definition) is 0. The zero-order valence-corrected chi connectivity index (χ0v) is 17.6. The normalized spacial score (nSPS) is 13.4. The third kappa shape index (κ3) is 6.24. The maximum Gasteiger partial charge on any atom is 0.416 e. The fourth-order valence-corrected chi connectivity index (χ4v) is 5.28. The van der Waals surface area contributed by atoms with Gasteiger partial charge in [-0.3, -0.25) is 0 Å². The molecule has 3 aromatic rings. The monoisotopic (exact) mass is 535 g/mol. The van der Waals surface area contributed by atoms with Crippen molar-refractivity contribution in [3.63, 3.8) is 0 Å². The highest BCUT2D eigenvalue weighted by molar-refractivity contribution is 7.97. The van der Waals surface area contributed by atoms with E-state index in [-0.39, 0.29) is 17.0 Å². The minimum atomic E-state index is -5.27. The minimum absolute atomic E-state index is 0.0904. The molecule has 0 atom stereocenters. The van der Waals surface area contributed by atoms with Gasteiger partial charge in [0.05, 0.1) is 33.1 Å². The summed E-state index contributed by atoms with van der Waals surface area (Å²) >= 11 is 0. The highest BCUT2D eigenvalue weighted by Gasteiger charge is 2.43. The topological polar surface area (TPSA) is 0 Å². The molecule has 3 rings (SSSR count). The van der Waals surface area contributed by atoms with Gasteiger partial charge in [-0.2, -0.15) is 52.7 Å². The van der Waals surface area contributed by atoms with Crippen LogP contribution in [0.1, 0.15) is 22.3 Å². The van der Waals surface area contributed by atoms with Gasteiger partial charge in [0.15, 0.2) is 14.7 Å². The van der Waals surface area contributed by atoms with Crippen molar-refractivity contribution in [1.29, 1.82) is 0 Å². The van der Waals surface area contributed by atoms with Gasteiger partial charge in [0, 0.05) is 24.3 Å². The van der Waals surface area contributed by atoms with E-state index >= 15 is 0 Å². The Morgan fingerprint density at radius 2 is 0.657 bits per heavy atom. The van der Waals surface area contributed by atoms with Gasteiger partial charge in [0.25, 0.3) is 0 Å². The molecule has 0 nitrogen and oxygen atoms in total. The van der Waals surface area contributed by atoms with E-state index in [2.05, 4.69) is 0 Å². The second kappa shape index (κ2) is 8.99. The Balaban J connectivity index is 2.40. The quantitative estimate of drug-likeness (QED) is 0.232. The molecule has 13 heteroatoms. The van der Waals surface area contributed by atoms with Crippen LogP contribution in [0.2, 0.25) is 0 Å². The van der Waals surface area contributed by atoms with Crippen LogP contribution in [-0.4, -0.2) is 0 Å². The molecule has 0 saturated carbocycles. The molecule has 0 radical (unpaired) electrons. The highest BCUT2D eigenvalue weighted by atomic mass is 32.2. The zero-order chi connectivity index (χ0) is 26.4. The van der Waals surface area contributed by atoms with Gasteiger partial charge in [-0.05, 0) is 24.3 Å². The van der Waals surface area contributed by atoms with Crippen LogP contribution in [0.25, 0.3) is 0 Å². The van der Waals surface area contributed by atoms with E-state index < -0.39 is 67.6 Å². The van der Waals surface area contributed by atoms with E-state index in [9.17, 15) is 52.7 Å². The van der Waals surface area contributed by atoms with Gasteiger partial charge in [0.2, 0.25) is 0 Å². The smallest absolute Gasteiger partial charge is 0.166 e. The van der Waals surface area contributed by atoms with E-state index in [0.717, 1.165) is 0 Å². The van der Waals surface area contributed by atoms with Crippen molar-refractivity contribution < 1.29 is 52.7 Å². The summed E-state index contributed by atoms with van der Waals surface area (Å²) in [4.78, 5) is -1.61. The average molecular weight is 535 g/mol. The first-order chi connectivity index (χ1) is 15.9. The number of halogens is 12. The maximum atomic E-state index is 13.4. The summed E-state index contributed by atoms with van der Waals surface area (Å²) < 4.78 is 161. The summed E-state index contributed by atoms with van der Waals surface area (Å²) in [7, 11) is -2.20. The predicted octanol–water partition coefficient (Wildman–Crippen LogP) is 8.86. The molecule has 0 heterocycles. The van der Waals surface area contributed by atoms with Gasteiger partial charge < -0.3 is 0 Å². The Hall–Kier alpha value is -2.83. The molecule has 0 N–H and O–H groups in total. The maximum absolute atomic E-state index is 13.4. The largest absolute Gasteiger partial charge is 0.416 e. The SMILES string of the molecule is FC(F)(F)c1cc([S+](c2ccccc2)c2cc(C(F)(F)F)cc(C(F)(F)F)c2)cc(C(F)(F)F)c1. The van der Waals surface area contributed by atoms with Gasteiger partial charge in [0.1, 0.15) is 0 Å². The van der Waals surface area contributed by atoms with Gasteiger partial charge in [-0.15, -0.1) is 0 Å². The van der Waals surface area contributed by atoms with Crippen LogP contribution in [0.4, 0.5) is 52.7 Å². The lowest BCUT2D eigenvalue weighted by atomic mass is 10.1. The summed E-state index contributed by atoms with van der Waals surface area (Å²) in [6.07, 6.45) is -21.1. The number of benzene rings is 3. The Morgan fingerprint density at radius 1 is 0.371 bits per heavy atom. The molecule has 35 heavy (non-hydrogen) atoms. The van der Waals surface area contributed by atoms with Crippen LogP contribution in [0.5, 0.6) is 0 Å². The Labute approximate surface area is 192 Å². The fourth-order valence-electron chi connectivity index (χ4n) is 3.05. The van der Waals surface area contributed by atoms with Crippen LogP contribution < -0.4 is 0 Å². The summed E-state index contributed by atoms with van der Waals surface area (Å²) in [6.45, 7) is 0. The number of alkyl halides is 12. The second-order valence-electron chi connectivity index (χ2n) is 7.10. The van der Waals surface area contributed by atoms with E-state index in [1.807, 2.05) is 0 Å². The lowest BCUT2D eigenvalue weighted by Gasteiger charge is -2.17. The first-order valence-corrected chi connectivity index (χ1v) is 10.5. The highest BCUT2D eigenvalue weighted by Crippen LogP contribution is 2.43. The summed E-state index contributed by atoms with van der Waals surface area (Å²) in [5, 5.41) is 0. The Bertz CT molecular complexity index is 1050. The molecule has 0 unspecified atom stereocenters. The second-order valence-corrected chi connectivity index (χ2v) is 9.13. The molecule has 188 valence electrons. The van der Waals surface area contributed by atoms with Crippen molar-refractivity contribution >= 4 is 10.9 Å². The van der Waals surface area contributed by atoms with Crippen LogP contribution in [0.3, 0.4) is 0 Å². The minimum Gasteiger partial charge on any atom is -0.166 e. The van der Waals surface area contributed by atoms with E-state index in [1.165, 1.54) is 30.3 Å². The molecule has 0 fully saturated rings. The molecule has 0 aliphatic rings. The molecule has 0 aliphatic carbocycles. The van der Waals surface area contributed by atoms with Gasteiger partial charge in [-0.1, -0.05) is 18.2 Å². The van der Waals surface area contributed by atoms with Crippen LogP contribution in [0, 0.1) is 0 Å². The third-order valence-corrected chi connectivity index (χ3v) is 6.73. The number of rotatable bonds is 3. The van der Waals surface area contributed by atoms with Crippen LogP contribution >= 0.6 is 0 Å². The molecule has 0 aromatic heterocycles. The molecule has 0 saturated heterocycles. The van der Waals surface area contributed by atoms with E-state index in [1.54, 1.807) is 0 Å². The van der Waals surface area contributed by atoms with Crippen LogP contribution in [0.15, 0.2) is 81.4 Å². The van der Waals surface area contributed by atoms with Crippen molar-refractivity contribution in [2.75, 3.05) is 0 Å². The summed E-state index contributed by atoms with van der Waals surface area (Å²) in [5.41, 5.74) is -7.00. The molecule has 0 spiro atoms. The fraction of sp³-hybridized carbons (Fsp3) is 0.182. The molecule has 0 bridgehead atoms. The number of hydrogen-bond acceptors (Lipinski definition) is 0. The Morgan fingerprint density at radius 3 is 0.914 bits per heavy atom. The van der Waals surface area contributed by atoms with Crippen molar-refractivity contribution in [2.45, 2.75) is 39.4 Å². The zero-order valence-electron chi connectivity index (χ0n) is 16.8. The lowest BCUT2D eigenvalue weighted by Crippen LogP contribution is -2.16. The third-order valence-electron chi connectivity index (χ3n) is 4.57. The first kappa shape index (κ1) is 26.8. The summed E-state index contributed by atoms with van der Waals surface area (Å²) in [5.74, 6) is 0. The van der Waals surface area contributed by atoms with E-state index in [0.29, 0.717) is 24.3 Å². The van der Waals surface area contributed by atoms with E-state index in [4.69, 9.17) is 0 Å². The summed E-state index contributed by atoms with van der Waals surface area (Å²) in [6, 6.07) is 7.18. The van der Waals surface area contributed by atoms with Crippen molar-refractivity contribution in [1.82, 2.24) is 0 Å². The van der Waals surface area contributed by atoms with Gasteiger partial charge >= 0.3 is 24.7 Å². The van der Waals surface area contributed by atoms with Crippen molar-refractivity contribution in [2.24, 2.45) is 0 Å². The first-order valence-electron chi connectivity index (χ1n) is 9.25. The van der Waals surface area contributed by atoms with Crippen molar-refractivity contribution in [3.8, 4) is 0 Å². The molecular formula is C22H11F12S+. The standard InChI is InChI=1S/C22H11F12S/c23-19(24,25)12-6-13(20(26,27)28)9-17(8-12)35(16-4-2-1-3-5-16)18-10-14(21(29,30)31)7-15(11-18)22(32,33)34/h1-11H/q+1. The van der Waals surface area contributed by atoms with Gasteiger partial charge in [-0.25, -0.2) is 0 Å². The molecule has 0 aliphatic heterocycles. The predicted molar refractivity (Wildman–Crippen MR) is 101 cm³/mol. The average Bonchev–Trinajstić information content (AvgIpc) is 2.72. The van der Waals surface area contributed by atoms with Crippen LogP contribution in [-0.2, 0) is 35.6 Å². The lowest BCUT2D eigenvalue weighted by molar-refractivity contribution is -0.144. The molecular weight excluding hydrogens is 524 g/mol. The molecule has 0 amide bonds. The van der Waals surface area contributed by atoms with Crippen molar-refractivity contribution in [3.05, 3.63) is 89.0 Å². The molecule has 3 aromatic carbocycles. The Kier molecular flexibility index (Phi) is 6.88.